The highest BCUT2D eigenvalue weighted by atomic mass is 35.5. The molecule has 1 aromatic rings. The van der Waals surface area contributed by atoms with E-state index in [2.05, 4.69) is 5.32 Å². The molecule has 0 radical (unpaired) electrons. The Morgan fingerprint density at radius 3 is 2.52 bits per heavy atom. The molecule has 1 amide bonds. The average Bonchev–Trinajstić information content (AvgIpc) is 2.34. The second kappa shape index (κ2) is 7.88. The van der Waals surface area contributed by atoms with E-state index in [0.717, 1.165) is 0 Å². The molecular formula is C15H20ClNO4. The molecule has 0 unspecified atom stereocenters. The van der Waals surface area contributed by atoms with Gasteiger partial charge in [-0.3, -0.25) is 9.59 Å². The van der Waals surface area contributed by atoms with Crippen LogP contribution in [0.2, 0.25) is 5.02 Å². The molecule has 21 heavy (non-hydrogen) atoms. The Morgan fingerprint density at radius 1 is 1.33 bits per heavy atom. The fourth-order valence-electron chi connectivity index (χ4n) is 2.18. The van der Waals surface area contributed by atoms with Crippen molar-refractivity contribution in [2.45, 2.75) is 26.7 Å². The molecule has 0 aliphatic carbocycles. The van der Waals surface area contributed by atoms with Gasteiger partial charge in [0.25, 0.3) is 5.91 Å². The first kappa shape index (κ1) is 17.3. The Bertz CT molecular complexity index is 516. The summed E-state index contributed by atoms with van der Waals surface area (Å²) in [6, 6.07) is 4.24. The minimum atomic E-state index is -0.885. The van der Waals surface area contributed by atoms with E-state index in [0.29, 0.717) is 17.4 Å². The lowest BCUT2D eigenvalue weighted by Crippen LogP contribution is -2.31. The quantitative estimate of drug-likeness (QED) is 0.722. The van der Waals surface area contributed by atoms with Crippen molar-refractivity contribution in [3.63, 3.8) is 0 Å². The van der Waals surface area contributed by atoms with E-state index in [-0.39, 0.29) is 30.2 Å². The zero-order valence-electron chi connectivity index (χ0n) is 12.1. The Labute approximate surface area is 128 Å². The topological polar surface area (TPSA) is 86.6 Å². The van der Waals surface area contributed by atoms with Crippen molar-refractivity contribution in [1.29, 1.82) is 0 Å². The molecule has 0 bridgehead atoms. The van der Waals surface area contributed by atoms with Crippen LogP contribution in [0.1, 0.15) is 37.0 Å². The highest BCUT2D eigenvalue weighted by Gasteiger charge is 2.17. The van der Waals surface area contributed by atoms with Crippen molar-refractivity contribution in [3.05, 3.63) is 28.8 Å². The van der Waals surface area contributed by atoms with Crippen molar-refractivity contribution in [1.82, 2.24) is 5.32 Å². The maximum absolute atomic E-state index is 12.0. The van der Waals surface area contributed by atoms with Crippen LogP contribution >= 0.6 is 11.6 Å². The first-order valence-electron chi connectivity index (χ1n) is 6.78. The largest absolute Gasteiger partial charge is 0.507 e. The van der Waals surface area contributed by atoms with E-state index in [1.165, 1.54) is 18.2 Å². The van der Waals surface area contributed by atoms with E-state index in [1.54, 1.807) is 0 Å². The summed E-state index contributed by atoms with van der Waals surface area (Å²) in [6.45, 7) is 4.26. The third-order valence-corrected chi connectivity index (χ3v) is 3.26. The Hall–Kier alpha value is -1.75. The molecule has 6 heteroatoms. The molecule has 0 fully saturated rings. The molecule has 0 aliphatic heterocycles. The van der Waals surface area contributed by atoms with Crippen molar-refractivity contribution >= 4 is 23.5 Å². The predicted molar refractivity (Wildman–Crippen MR) is 80.6 cm³/mol. The summed E-state index contributed by atoms with van der Waals surface area (Å²) >= 11 is 5.71. The van der Waals surface area contributed by atoms with Gasteiger partial charge in [-0.1, -0.05) is 25.4 Å². The second-order valence-corrected chi connectivity index (χ2v) is 5.90. The number of aliphatic carboxylic acids is 1. The Morgan fingerprint density at radius 2 is 2.00 bits per heavy atom. The SMILES string of the molecule is CC(C)C[C@H](CNC(=O)c1ccc(Cl)cc1O)CC(=O)O. The summed E-state index contributed by atoms with van der Waals surface area (Å²) in [6.07, 6.45) is 0.713. The summed E-state index contributed by atoms with van der Waals surface area (Å²) in [5, 5.41) is 21.6. The van der Waals surface area contributed by atoms with Gasteiger partial charge in [-0.05, 0) is 36.5 Å². The van der Waals surface area contributed by atoms with E-state index in [4.69, 9.17) is 16.7 Å². The van der Waals surface area contributed by atoms with Gasteiger partial charge in [-0.15, -0.1) is 0 Å². The minimum absolute atomic E-state index is 0.00502. The number of hydrogen-bond acceptors (Lipinski definition) is 3. The summed E-state index contributed by atoms with van der Waals surface area (Å²) in [5.41, 5.74) is 0.123. The summed E-state index contributed by atoms with van der Waals surface area (Å²) in [4.78, 5) is 22.8. The number of nitrogens with one attached hydrogen (secondary N) is 1. The summed E-state index contributed by atoms with van der Waals surface area (Å²) in [5.74, 6) is -1.32. The molecule has 116 valence electrons. The fourth-order valence-corrected chi connectivity index (χ4v) is 2.35. The van der Waals surface area contributed by atoms with Crippen molar-refractivity contribution in [2.75, 3.05) is 6.54 Å². The molecule has 3 N–H and O–H groups in total. The average molecular weight is 314 g/mol. The monoisotopic (exact) mass is 313 g/mol. The van der Waals surface area contributed by atoms with Gasteiger partial charge < -0.3 is 15.5 Å². The van der Waals surface area contributed by atoms with Crippen LogP contribution in [0.25, 0.3) is 0 Å². The molecule has 1 rings (SSSR count). The lowest BCUT2D eigenvalue weighted by molar-refractivity contribution is -0.138. The first-order chi connectivity index (χ1) is 9.79. The number of benzene rings is 1. The zero-order valence-corrected chi connectivity index (χ0v) is 12.9. The summed E-state index contributed by atoms with van der Waals surface area (Å²) < 4.78 is 0. The van der Waals surface area contributed by atoms with Crippen LogP contribution in [0, 0.1) is 11.8 Å². The molecule has 0 spiro atoms. The van der Waals surface area contributed by atoms with Crippen LogP contribution in [-0.2, 0) is 4.79 Å². The number of aromatic hydroxyl groups is 1. The lowest BCUT2D eigenvalue weighted by atomic mass is 9.94. The molecule has 0 saturated carbocycles. The van der Waals surface area contributed by atoms with Gasteiger partial charge in [-0.25, -0.2) is 0 Å². The van der Waals surface area contributed by atoms with Gasteiger partial charge in [0.2, 0.25) is 0 Å². The predicted octanol–water partition coefficient (Wildman–Crippen LogP) is 2.91. The number of phenols is 1. The first-order valence-corrected chi connectivity index (χ1v) is 7.16. The Kier molecular flexibility index (Phi) is 6.49. The number of hydrogen-bond donors (Lipinski definition) is 3. The molecule has 0 aromatic heterocycles. The van der Waals surface area contributed by atoms with Crippen molar-refractivity contribution in [2.24, 2.45) is 11.8 Å². The second-order valence-electron chi connectivity index (χ2n) is 5.46. The lowest BCUT2D eigenvalue weighted by Gasteiger charge is -2.18. The summed E-state index contributed by atoms with van der Waals surface area (Å²) in [7, 11) is 0. The smallest absolute Gasteiger partial charge is 0.303 e. The van der Waals surface area contributed by atoms with Crippen LogP contribution in [0.15, 0.2) is 18.2 Å². The van der Waals surface area contributed by atoms with Gasteiger partial charge >= 0.3 is 5.97 Å². The highest BCUT2D eigenvalue weighted by Crippen LogP contribution is 2.22. The highest BCUT2D eigenvalue weighted by molar-refractivity contribution is 6.30. The zero-order chi connectivity index (χ0) is 16.0. The van der Waals surface area contributed by atoms with E-state index in [9.17, 15) is 14.7 Å². The van der Waals surface area contributed by atoms with Crippen LogP contribution in [0.3, 0.4) is 0 Å². The van der Waals surface area contributed by atoms with Crippen LogP contribution in [0.4, 0.5) is 0 Å². The van der Waals surface area contributed by atoms with Crippen LogP contribution < -0.4 is 5.32 Å². The van der Waals surface area contributed by atoms with Crippen LogP contribution in [0.5, 0.6) is 5.75 Å². The third kappa shape index (κ3) is 6.04. The van der Waals surface area contributed by atoms with Gasteiger partial charge in [-0.2, -0.15) is 0 Å². The number of carbonyl (C=O) groups excluding carboxylic acids is 1. The Balaban J connectivity index is 2.65. The van der Waals surface area contributed by atoms with Crippen molar-refractivity contribution in [3.8, 4) is 5.75 Å². The molecule has 0 saturated heterocycles. The number of carbonyl (C=O) groups is 2. The number of amides is 1. The maximum atomic E-state index is 12.0. The molecule has 5 nitrogen and oxygen atoms in total. The molecule has 0 heterocycles. The third-order valence-electron chi connectivity index (χ3n) is 3.02. The van der Waals surface area contributed by atoms with E-state index >= 15 is 0 Å². The number of halogens is 1. The normalized spacial score (nSPS) is 12.2. The number of carboxylic acids is 1. The molecule has 0 aliphatic rings. The standard InChI is InChI=1S/C15H20ClNO4/c1-9(2)5-10(6-14(19)20)8-17-15(21)12-4-3-11(16)7-13(12)18/h3-4,7,9-10,18H,5-6,8H2,1-2H3,(H,17,21)(H,19,20)/t10-/m0/s1. The fraction of sp³-hybridized carbons (Fsp3) is 0.467. The molecule has 1 atom stereocenters. The number of phenolic OH excluding ortho intramolecular Hbond substituents is 1. The van der Waals surface area contributed by atoms with E-state index in [1.807, 2.05) is 13.8 Å². The van der Waals surface area contributed by atoms with Gasteiger partial charge in [0.05, 0.1) is 5.56 Å². The molecular weight excluding hydrogens is 294 g/mol. The van der Waals surface area contributed by atoms with Crippen LogP contribution in [-0.4, -0.2) is 28.6 Å². The van der Waals surface area contributed by atoms with Gasteiger partial charge in [0.1, 0.15) is 5.75 Å². The van der Waals surface area contributed by atoms with Gasteiger partial charge in [0.15, 0.2) is 0 Å². The minimum Gasteiger partial charge on any atom is -0.507 e. The van der Waals surface area contributed by atoms with E-state index < -0.39 is 11.9 Å². The van der Waals surface area contributed by atoms with Gasteiger partial charge in [0, 0.05) is 18.0 Å². The number of rotatable bonds is 7. The number of carboxylic acid groups (broad SMARTS) is 1. The molecule has 1 aromatic carbocycles. The van der Waals surface area contributed by atoms with Crippen molar-refractivity contribution < 1.29 is 19.8 Å². The maximum Gasteiger partial charge on any atom is 0.303 e.